The summed E-state index contributed by atoms with van der Waals surface area (Å²) >= 11 is 0. The van der Waals surface area contributed by atoms with Crippen molar-refractivity contribution in [3.05, 3.63) is 11.6 Å². The smallest absolute Gasteiger partial charge is 0.158 e. The van der Waals surface area contributed by atoms with Crippen LogP contribution in [-0.2, 0) is 9.47 Å². The molecule has 1 heterocycles. The quantitative estimate of drug-likeness (QED) is 0.291. The van der Waals surface area contributed by atoms with Crippen molar-refractivity contribution < 1.29 is 19.7 Å². The van der Waals surface area contributed by atoms with E-state index in [1.165, 1.54) is 31.3 Å². The molecular formula is C28H49N3O4. The minimum Gasteiger partial charge on any atom is -0.378 e. The van der Waals surface area contributed by atoms with Gasteiger partial charge in [-0.25, -0.2) is 0 Å². The molecule has 0 aromatic rings. The number of fused-ring (bicyclic) bond motifs is 2. The van der Waals surface area contributed by atoms with E-state index in [4.69, 9.17) is 15.2 Å². The van der Waals surface area contributed by atoms with Gasteiger partial charge < -0.3 is 19.7 Å². The number of nitrogens with zero attached hydrogens (tertiary/aromatic N) is 1. The van der Waals surface area contributed by atoms with Gasteiger partial charge in [0.15, 0.2) is 6.35 Å². The topological polar surface area (TPSA) is 100 Å². The molecule has 35 heavy (non-hydrogen) atoms. The van der Waals surface area contributed by atoms with Crippen molar-refractivity contribution in [2.24, 2.45) is 35.3 Å². The van der Waals surface area contributed by atoms with E-state index in [1.54, 1.807) is 0 Å². The summed E-state index contributed by atoms with van der Waals surface area (Å²) in [4.78, 5) is 2.39. The van der Waals surface area contributed by atoms with Gasteiger partial charge in [0, 0.05) is 43.2 Å². The van der Waals surface area contributed by atoms with Crippen LogP contribution in [0, 0.1) is 29.6 Å². The van der Waals surface area contributed by atoms with Gasteiger partial charge in [-0.15, -0.1) is 0 Å². The molecule has 0 spiro atoms. The number of rotatable bonds is 9. The molecule has 0 aromatic heterocycles. The summed E-state index contributed by atoms with van der Waals surface area (Å²) in [6.45, 7) is 8.80. The average Bonchev–Trinajstić information content (AvgIpc) is 3.48. The van der Waals surface area contributed by atoms with E-state index in [1.807, 2.05) is 0 Å². The van der Waals surface area contributed by atoms with Crippen molar-refractivity contribution in [3.8, 4) is 0 Å². The minimum absolute atomic E-state index is 0.0102. The maximum Gasteiger partial charge on any atom is 0.158 e. The van der Waals surface area contributed by atoms with Crippen LogP contribution in [0.1, 0.15) is 78.6 Å². The van der Waals surface area contributed by atoms with E-state index < -0.39 is 12.6 Å². The molecule has 0 amide bonds. The van der Waals surface area contributed by atoms with Gasteiger partial charge in [-0.2, -0.15) is 0 Å². The van der Waals surface area contributed by atoms with Crippen molar-refractivity contribution in [3.63, 3.8) is 0 Å². The highest BCUT2D eigenvalue weighted by Gasteiger charge is 2.59. The zero-order valence-electron chi connectivity index (χ0n) is 22.1. The summed E-state index contributed by atoms with van der Waals surface area (Å²) < 4.78 is 12.9. The van der Waals surface area contributed by atoms with Crippen molar-refractivity contribution in [1.82, 2.24) is 10.2 Å². The first-order valence-corrected chi connectivity index (χ1v) is 14.4. The Labute approximate surface area is 211 Å². The first kappa shape index (κ1) is 26.1. The third kappa shape index (κ3) is 5.12. The number of hydrogen-bond acceptors (Lipinski definition) is 7. The van der Waals surface area contributed by atoms with Gasteiger partial charge in [0.25, 0.3) is 0 Å². The fourth-order valence-electron chi connectivity index (χ4n) is 8.56. The lowest BCUT2D eigenvalue weighted by Crippen LogP contribution is -2.56. The predicted octanol–water partition coefficient (Wildman–Crippen LogP) is 2.95. The highest BCUT2D eigenvalue weighted by molar-refractivity contribution is 5.19. The first-order chi connectivity index (χ1) is 16.9. The van der Waals surface area contributed by atoms with Crippen LogP contribution in [0.2, 0.25) is 0 Å². The van der Waals surface area contributed by atoms with Gasteiger partial charge >= 0.3 is 0 Å². The highest BCUT2D eigenvalue weighted by Crippen LogP contribution is 2.53. The largest absolute Gasteiger partial charge is 0.378 e. The van der Waals surface area contributed by atoms with Gasteiger partial charge in [-0.05, 0) is 83.5 Å². The molecule has 7 heteroatoms. The number of aliphatic hydroxyl groups excluding tert-OH is 2. The van der Waals surface area contributed by atoms with Gasteiger partial charge in [0.05, 0.1) is 12.2 Å². The predicted molar refractivity (Wildman–Crippen MR) is 136 cm³/mol. The Kier molecular flexibility index (Phi) is 7.96. The van der Waals surface area contributed by atoms with Crippen molar-refractivity contribution in [2.45, 2.75) is 115 Å². The number of ether oxygens (including phenoxy) is 2. The summed E-state index contributed by atoms with van der Waals surface area (Å²) in [6.07, 6.45) is 11.8. The molecule has 0 bridgehead atoms. The molecular weight excluding hydrogens is 442 g/mol. The normalized spacial score (nSPS) is 43.8. The van der Waals surface area contributed by atoms with Crippen LogP contribution in [0.5, 0.6) is 0 Å². The molecule has 10 atom stereocenters. The van der Waals surface area contributed by atoms with E-state index in [2.05, 4.69) is 37.1 Å². The lowest BCUT2D eigenvalue weighted by Gasteiger charge is -2.51. The Hall–Kier alpha value is -0.540. The number of allylic oxidation sites excluding steroid dienone is 1. The molecule has 7 nitrogen and oxygen atoms in total. The molecule has 10 unspecified atom stereocenters. The number of aliphatic hydroxyl groups is 2. The Morgan fingerprint density at radius 1 is 1.06 bits per heavy atom. The second-order valence-electron chi connectivity index (χ2n) is 12.1. The molecule has 5 rings (SSSR count). The SMILES string of the molecule is CCOC1C2CCCCC2C(OCC)C2C1CN(C1CCC(CC3(NC(N)O)CC3)C=C1C)C2O. The van der Waals surface area contributed by atoms with E-state index >= 15 is 0 Å². The summed E-state index contributed by atoms with van der Waals surface area (Å²) in [5, 5.41) is 24.6. The molecule has 4 aliphatic carbocycles. The molecule has 5 aliphatic rings. The van der Waals surface area contributed by atoms with E-state index in [0.717, 1.165) is 45.3 Å². The zero-order valence-corrected chi connectivity index (χ0v) is 22.1. The summed E-state index contributed by atoms with van der Waals surface area (Å²) in [5.74, 6) is 2.01. The van der Waals surface area contributed by atoms with Crippen LogP contribution in [-0.4, -0.2) is 71.2 Å². The monoisotopic (exact) mass is 491 g/mol. The average molecular weight is 492 g/mol. The first-order valence-electron chi connectivity index (χ1n) is 14.4. The van der Waals surface area contributed by atoms with Gasteiger partial charge in [0.1, 0.15) is 6.23 Å². The maximum absolute atomic E-state index is 11.8. The lowest BCUT2D eigenvalue weighted by molar-refractivity contribution is -0.178. The van der Waals surface area contributed by atoms with Crippen LogP contribution in [0.15, 0.2) is 11.6 Å². The van der Waals surface area contributed by atoms with Crippen LogP contribution in [0.25, 0.3) is 0 Å². The van der Waals surface area contributed by atoms with Crippen LogP contribution in [0.4, 0.5) is 0 Å². The molecule has 200 valence electrons. The summed E-state index contributed by atoms with van der Waals surface area (Å²) in [6, 6.07) is 0.279. The Morgan fingerprint density at radius 2 is 1.71 bits per heavy atom. The number of hydrogen-bond donors (Lipinski definition) is 4. The van der Waals surface area contributed by atoms with Crippen molar-refractivity contribution in [1.29, 1.82) is 0 Å². The standard InChI is InChI=1S/C28H49N3O4/c1-4-34-24-19-8-6-7-9-20(19)25(35-5-2)23-21(24)16-31(26(23)32)22-11-10-18(14-17(22)3)15-28(12-13-28)30-27(29)33/h14,18-27,30,32-33H,4-13,15-16,29H2,1-3H3. The maximum atomic E-state index is 11.8. The Morgan fingerprint density at radius 3 is 2.31 bits per heavy atom. The van der Waals surface area contributed by atoms with E-state index in [0.29, 0.717) is 30.3 Å². The minimum atomic E-state index is -0.942. The van der Waals surface area contributed by atoms with Crippen LogP contribution in [0.3, 0.4) is 0 Å². The van der Waals surface area contributed by atoms with E-state index in [9.17, 15) is 10.2 Å². The Bertz CT molecular complexity index is 756. The second kappa shape index (κ2) is 10.7. The molecule has 5 N–H and O–H groups in total. The molecule has 1 saturated heterocycles. The molecule has 4 fully saturated rings. The van der Waals surface area contributed by atoms with E-state index in [-0.39, 0.29) is 29.7 Å². The molecule has 3 saturated carbocycles. The van der Waals surface area contributed by atoms with Crippen molar-refractivity contribution in [2.75, 3.05) is 19.8 Å². The van der Waals surface area contributed by atoms with Crippen molar-refractivity contribution >= 4 is 0 Å². The molecule has 1 aliphatic heterocycles. The lowest BCUT2D eigenvalue weighted by atomic mass is 9.60. The van der Waals surface area contributed by atoms with Gasteiger partial charge in [0.2, 0.25) is 0 Å². The number of likely N-dealkylation sites (tertiary alicyclic amines) is 1. The summed E-state index contributed by atoms with van der Waals surface area (Å²) in [5.41, 5.74) is 7.00. The number of nitrogens with two attached hydrogens (primary N) is 1. The molecule has 0 aromatic carbocycles. The van der Waals surface area contributed by atoms with Crippen LogP contribution >= 0.6 is 0 Å². The Balaban J connectivity index is 1.33. The highest BCUT2D eigenvalue weighted by atomic mass is 16.5. The molecule has 0 radical (unpaired) electrons. The van der Waals surface area contributed by atoms with Gasteiger partial charge in [-0.3, -0.25) is 16.0 Å². The van der Waals surface area contributed by atoms with Crippen LogP contribution < -0.4 is 11.1 Å². The summed E-state index contributed by atoms with van der Waals surface area (Å²) in [7, 11) is 0. The third-order valence-electron chi connectivity index (χ3n) is 10.0. The number of nitrogens with one attached hydrogen (secondary N) is 1. The third-order valence-corrected chi connectivity index (χ3v) is 10.0. The second-order valence-corrected chi connectivity index (χ2v) is 12.1. The zero-order chi connectivity index (χ0) is 24.7. The fourth-order valence-corrected chi connectivity index (χ4v) is 8.56. The fraction of sp³-hybridized carbons (Fsp3) is 0.929. The van der Waals surface area contributed by atoms with Gasteiger partial charge in [-0.1, -0.05) is 24.5 Å².